The highest BCUT2D eigenvalue weighted by molar-refractivity contribution is 6.30. The first-order valence-electron chi connectivity index (χ1n) is 10.0. The summed E-state index contributed by atoms with van der Waals surface area (Å²) in [5.74, 6) is -0.00958. The van der Waals surface area contributed by atoms with E-state index in [2.05, 4.69) is 24.1 Å². The van der Waals surface area contributed by atoms with Crippen LogP contribution in [0, 0.1) is 5.41 Å². The van der Waals surface area contributed by atoms with Crippen LogP contribution in [0.5, 0.6) is 0 Å². The molecule has 0 saturated carbocycles. The maximum Gasteiger partial charge on any atom is 0.224 e. The molecule has 0 fully saturated rings. The lowest BCUT2D eigenvalue weighted by Gasteiger charge is -2.28. The van der Waals surface area contributed by atoms with E-state index in [-0.39, 0.29) is 17.7 Å². The van der Waals surface area contributed by atoms with Crippen LogP contribution in [0.1, 0.15) is 19.4 Å². The molecule has 1 aromatic heterocycles. The van der Waals surface area contributed by atoms with E-state index in [1.54, 1.807) is 0 Å². The summed E-state index contributed by atoms with van der Waals surface area (Å²) < 4.78 is 1.82. The fourth-order valence-corrected chi connectivity index (χ4v) is 3.71. The van der Waals surface area contributed by atoms with E-state index in [1.165, 1.54) is 0 Å². The second kappa shape index (κ2) is 9.45. The maximum atomic E-state index is 12.7. The lowest BCUT2D eigenvalue weighted by Crippen LogP contribution is -2.40. The Balaban J connectivity index is 1.82. The van der Waals surface area contributed by atoms with Gasteiger partial charge in [-0.1, -0.05) is 55.8 Å². The van der Waals surface area contributed by atoms with Gasteiger partial charge in [-0.25, -0.2) is 4.68 Å². The molecule has 5 nitrogen and oxygen atoms in total. The van der Waals surface area contributed by atoms with Crippen molar-refractivity contribution in [2.75, 3.05) is 27.2 Å². The molecule has 2 aromatic carbocycles. The first-order valence-corrected chi connectivity index (χ1v) is 10.4. The molecular weight excluding hydrogens is 396 g/mol. The molecule has 1 amide bonds. The molecule has 3 aromatic rings. The van der Waals surface area contributed by atoms with Gasteiger partial charge in [0.05, 0.1) is 17.8 Å². The van der Waals surface area contributed by atoms with Crippen LogP contribution in [0.15, 0.2) is 60.8 Å². The van der Waals surface area contributed by atoms with Crippen molar-refractivity contribution in [3.8, 4) is 16.9 Å². The molecule has 0 atom stereocenters. The SMILES string of the molecule is CN(C)CC(C)(C)CNC(=O)Cc1cn(-c2ccccc2)nc1-c1ccc(Cl)cc1. The maximum absolute atomic E-state index is 12.7. The molecule has 30 heavy (non-hydrogen) atoms. The van der Waals surface area contributed by atoms with Crippen LogP contribution in [0.2, 0.25) is 5.02 Å². The topological polar surface area (TPSA) is 50.2 Å². The number of halogens is 1. The van der Waals surface area contributed by atoms with Gasteiger partial charge >= 0.3 is 0 Å². The number of benzene rings is 2. The fraction of sp³-hybridized carbons (Fsp3) is 0.333. The smallest absolute Gasteiger partial charge is 0.224 e. The van der Waals surface area contributed by atoms with Crippen molar-refractivity contribution >= 4 is 17.5 Å². The van der Waals surface area contributed by atoms with E-state index in [1.807, 2.05) is 79.6 Å². The van der Waals surface area contributed by atoms with Crippen molar-refractivity contribution in [3.63, 3.8) is 0 Å². The van der Waals surface area contributed by atoms with E-state index in [0.717, 1.165) is 29.1 Å². The molecule has 0 aliphatic rings. The quantitative estimate of drug-likeness (QED) is 0.581. The van der Waals surface area contributed by atoms with E-state index in [0.29, 0.717) is 11.6 Å². The predicted molar refractivity (Wildman–Crippen MR) is 123 cm³/mol. The van der Waals surface area contributed by atoms with Gasteiger partial charge < -0.3 is 10.2 Å². The summed E-state index contributed by atoms with van der Waals surface area (Å²) in [6.45, 7) is 5.82. The molecule has 0 aliphatic carbocycles. The van der Waals surface area contributed by atoms with Gasteiger partial charge in [-0.05, 0) is 43.8 Å². The van der Waals surface area contributed by atoms with E-state index in [4.69, 9.17) is 16.7 Å². The summed E-state index contributed by atoms with van der Waals surface area (Å²) in [5.41, 5.74) is 3.55. The zero-order chi connectivity index (χ0) is 21.7. The van der Waals surface area contributed by atoms with Crippen molar-refractivity contribution in [1.29, 1.82) is 0 Å². The third kappa shape index (κ3) is 5.94. The minimum Gasteiger partial charge on any atom is -0.355 e. The van der Waals surface area contributed by atoms with Gasteiger partial charge in [-0.15, -0.1) is 0 Å². The van der Waals surface area contributed by atoms with E-state index < -0.39 is 0 Å². The van der Waals surface area contributed by atoms with Crippen molar-refractivity contribution in [2.45, 2.75) is 20.3 Å². The van der Waals surface area contributed by atoms with Crippen LogP contribution in [0.25, 0.3) is 16.9 Å². The number of carbonyl (C=O) groups excluding carboxylic acids is 1. The van der Waals surface area contributed by atoms with Gasteiger partial charge in [-0.3, -0.25) is 4.79 Å². The monoisotopic (exact) mass is 424 g/mol. The van der Waals surface area contributed by atoms with E-state index >= 15 is 0 Å². The molecular formula is C24H29ClN4O. The molecule has 158 valence electrons. The first kappa shape index (κ1) is 22.1. The number of para-hydroxylation sites is 1. The average molecular weight is 425 g/mol. The van der Waals surface area contributed by atoms with Crippen molar-refractivity contribution in [1.82, 2.24) is 20.0 Å². The molecule has 6 heteroatoms. The number of hydrogen-bond acceptors (Lipinski definition) is 3. The average Bonchev–Trinajstić information content (AvgIpc) is 3.10. The summed E-state index contributed by atoms with van der Waals surface area (Å²) in [7, 11) is 4.08. The predicted octanol–water partition coefficient (Wildman–Crippen LogP) is 4.44. The summed E-state index contributed by atoms with van der Waals surface area (Å²) in [5, 5.41) is 8.53. The Morgan fingerprint density at radius 2 is 1.77 bits per heavy atom. The summed E-state index contributed by atoms with van der Waals surface area (Å²) in [6.07, 6.45) is 2.20. The molecule has 0 bridgehead atoms. The van der Waals surface area contributed by atoms with Crippen LogP contribution >= 0.6 is 11.6 Å². The highest BCUT2D eigenvalue weighted by Gasteiger charge is 2.21. The second-order valence-electron chi connectivity index (χ2n) is 8.65. The van der Waals surface area contributed by atoms with Crippen molar-refractivity contribution < 1.29 is 4.79 Å². The van der Waals surface area contributed by atoms with Gasteiger partial charge in [0.25, 0.3) is 0 Å². The van der Waals surface area contributed by atoms with Crippen molar-refractivity contribution in [3.05, 3.63) is 71.4 Å². The highest BCUT2D eigenvalue weighted by atomic mass is 35.5. The molecule has 1 heterocycles. The summed E-state index contributed by atoms with van der Waals surface area (Å²) in [4.78, 5) is 14.9. The molecule has 0 unspecified atom stereocenters. The highest BCUT2D eigenvalue weighted by Crippen LogP contribution is 2.26. The molecule has 1 N–H and O–H groups in total. The summed E-state index contributed by atoms with van der Waals surface area (Å²) >= 11 is 6.05. The normalized spacial score (nSPS) is 11.7. The Kier molecular flexibility index (Phi) is 6.95. The minimum atomic E-state index is -0.00958. The number of amides is 1. The van der Waals surface area contributed by atoms with Gasteiger partial charge in [0.15, 0.2) is 0 Å². The van der Waals surface area contributed by atoms with Crippen LogP contribution in [0.3, 0.4) is 0 Å². The Labute approximate surface area is 183 Å². The number of rotatable bonds is 8. The Bertz CT molecular complexity index is 978. The number of carbonyl (C=O) groups is 1. The zero-order valence-corrected chi connectivity index (χ0v) is 18.8. The van der Waals surface area contributed by atoms with Gasteiger partial charge in [0.2, 0.25) is 5.91 Å². The second-order valence-corrected chi connectivity index (χ2v) is 9.08. The zero-order valence-electron chi connectivity index (χ0n) is 18.0. The van der Waals surface area contributed by atoms with Crippen molar-refractivity contribution in [2.24, 2.45) is 5.41 Å². The van der Waals surface area contributed by atoms with Crippen LogP contribution in [0.4, 0.5) is 0 Å². The van der Waals surface area contributed by atoms with Gasteiger partial charge in [-0.2, -0.15) is 5.10 Å². The molecule has 0 saturated heterocycles. The Morgan fingerprint density at radius 1 is 1.10 bits per heavy atom. The van der Waals surface area contributed by atoms with E-state index in [9.17, 15) is 4.79 Å². The number of aromatic nitrogens is 2. The van der Waals surface area contributed by atoms with Crippen LogP contribution in [-0.2, 0) is 11.2 Å². The first-order chi connectivity index (χ1) is 14.2. The molecule has 0 spiro atoms. The fourth-order valence-electron chi connectivity index (χ4n) is 3.59. The van der Waals surface area contributed by atoms with Crippen LogP contribution < -0.4 is 5.32 Å². The Morgan fingerprint density at radius 3 is 2.40 bits per heavy atom. The van der Waals surface area contributed by atoms with Gasteiger partial charge in [0, 0.05) is 35.4 Å². The third-order valence-electron chi connectivity index (χ3n) is 4.79. The molecule has 0 aliphatic heterocycles. The largest absolute Gasteiger partial charge is 0.355 e. The lowest BCUT2D eigenvalue weighted by atomic mass is 9.93. The number of nitrogens with one attached hydrogen (secondary N) is 1. The number of hydrogen-bond donors (Lipinski definition) is 1. The Hall–Kier alpha value is -2.63. The minimum absolute atomic E-state index is 0.00755. The third-order valence-corrected chi connectivity index (χ3v) is 5.04. The number of nitrogens with zero attached hydrogens (tertiary/aromatic N) is 3. The molecule has 3 rings (SSSR count). The summed E-state index contributed by atoms with van der Waals surface area (Å²) in [6, 6.07) is 17.4. The lowest BCUT2D eigenvalue weighted by molar-refractivity contribution is -0.120. The molecule has 0 radical (unpaired) electrons. The standard InChI is InChI=1S/C24H29ClN4O/c1-24(2,17-28(3)4)16-26-22(30)14-19-15-29(21-8-6-5-7-9-21)27-23(19)18-10-12-20(25)13-11-18/h5-13,15H,14,16-17H2,1-4H3,(H,26,30). The van der Waals surface area contributed by atoms with Crippen LogP contribution in [-0.4, -0.2) is 47.8 Å². The van der Waals surface area contributed by atoms with Gasteiger partial charge in [0.1, 0.15) is 0 Å².